The number of Topliss-reactive ketones (excluding diaryl/α,β-unsaturated/α-hetero) is 2. The van der Waals surface area contributed by atoms with Crippen molar-refractivity contribution in [3.8, 4) is 0 Å². The second-order valence-corrected chi connectivity index (χ2v) is 7.66. The average molecular weight is 447 g/mol. The fraction of sp³-hybridized carbons (Fsp3) is 0.538. The minimum atomic E-state index is -0.424. The van der Waals surface area contributed by atoms with Gasteiger partial charge in [0.2, 0.25) is 0 Å². The number of carbonyl (C=O) groups is 4. The summed E-state index contributed by atoms with van der Waals surface area (Å²) in [4.78, 5) is 46.5. The van der Waals surface area contributed by atoms with Gasteiger partial charge in [-0.1, -0.05) is 24.3 Å². The normalized spacial score (nSPS) is 11.6. The van der Waals surface area contributed by atoms with E-state index in [0.717, 1.165) is 35.1 Å². The molecule has 0 unspecified atom stereocenters. The number of allylic oxidation sites excluding steroid dienone is 4. The monoisotopic (exact) mass is 446 g/mol. The van der Waals surface area contributed by atoms with E-state index in [9.17, 15) is 19.2 Å². The van der Waals surface area contributed by atoms with Crippen LogP contribution in [0.25, 0.3) is 0 Å². The molecule has 0 aliphatic heterocycles. The average Bonchev–Trinajstić information content (AvgIpc) is 2.71. The summed E-state index contributed by atoms with van der Waals surface area (Å²) in [6.07, 6.45) is 7.33. The number of hydrogen-bond acceptors (Lipinski definition) is 6. The Balaban J connectivity index is 5.14. The molecule has 0 aromatic carbocycles. The Labute approximate surface area is 192 Å². The Morgan fingerprint density at radius 1 is 0.625 bits per heavy atom. The Morgan fingerprint density at radius 3 is 1.25 bits per heavy atom. The minimum absolute atomic E-state index is 0.0689. The predicted octanol–water partition coefficient (Wildman–Crippen LogP) is 5.38. The zero-order chi connectivity index (χ0) is 24.5. The molecule has 6 heteroatoms. The molecule has 0 bridgehead atoms. The van der Waals surface area contributed by atoms with Gasteiger partial charge in [0.05, 0.1) is 13.2 Å². The lowest BCUT2D eigenvalue weighted by Gasteiger charge is -2.13. The quantitative estimate of drug-likeness (QED) is 0.129. The first-order valence-electron chi connectivity index (χ1n) is 11.2. The number of unbranched alkanes of at least 4 members (excludes halogenated alkanes) is 1. The molecule has 0 atom stereocenters. The minimum Gasteiger partial charge on any atom is -0.463 e. The van der Waals surface area contributed by atoms with E-state index in [-0.39, 0.29) is 24.8 Å². The number of carbonyl (C=O) groups excluding carboxylic acids is 4. The molecule has 0 radical (unpaired) electrons. The van der Waals surface area contributed by atoms with Crippen LogP contribution in [0, 0.1) is 0 Å². The lowest BCUT2D eigenvalue weighted by molar-refractivity contribution is -0.138. The van der Waals surface area contributed by atoms with E-state index in [0.29, 0.717) is 38.5 Å². The lowest BCUT2D eigenvalue weighted by atomic mass is 9.93. The lowest BCUT2D eigenvalue weighted by Crippen LogP contribution is -2.04. The second kappa shape index (κ2) is 16.9. The molecule has 178 valence electrons. The zero-order valence-corrected chi connectivity index (χ0v) is 20.1. The molecule has 0 aromatic rings. The molecule has 0 rings (SSSR count). The Hall–Kier alpha value is -2.76. The van der Waals surface area contributed by atoms with Crippen LogP contribution in [-0.2, 0) is 28.7 Å². The van der Waals surface area contributed by atoms with Crippen LogP contribution in [0.2, 0.25) is 0 Å². The van der Waals surface area contributed by atoms with Crippen LogP contribution in [0.15, 0.2) is 47.6 Å². The van der Waals surface area contributed by atoms with Gasteiger partial charge in [-0.3, -0.25) is 0 Å². The van der Waals surface area contributed by atoms with Crippen LogP contribution in [0.3, 0.4) is 0 Å². The number of rotatable bonds is 17. The summed E-state index contributed by atoms with van der Waals surface area (Å²) in [7, 11) is 0. The highest BCUT2D eigenvalue weighted by atomic mass is 16.5. The van der Waals surface area contributed by atoms with Crippen LogP contribution in [0.1, 0.15) is 79.1 Å². The third-order valence-electron chi connectivity index (χ3n) is 4.77. The molecular formula is C26H38O6. The van der Waals surface area contributed by atoms with Crippen molar-refractivity contribution in [3.63, 3.8) is 0 Å². The Kier molecular flexibility index (Phi) is 15.4. The van der Waals surface area contributed by atoms with Gasteiger partial charge in [-0.2, -0.15) is 0 Å². The first-order chi connectivity index (χ1) is 15.1. The van der Waals surface area contributed by atoms with E-state index in [1.165, 1.54) is 26.0 Å². The molecule has 32 heavy (non-hydrogen) atoms. The number of ketones is 2. The van der Waals surface area contributed by atoms with E-state index in [1.54, 1.807) is 13.8 Å². The van der Waals surface area contributed by atoms with Crippen molar-refractivity contribution in [2.45, 2.75) is 79.1 Å². The van der Waals surface area contributed by atoms with E-state index < -0.39 is 11.9 Å². The molecule has 0 heterocycles. The van der Waals surface area contributed by atoms with Gasteiger partial charge >= 0.3 is 11.9 Å². The topological polar surface area (TPSA) is 86.7 Å². The van der Waals surface area contributed by atoms with Gasteiger partial charge in [0.25, 0.3) is 0 Å². The predicted molar refractivity (Wildman–Crippen MR) is 126 cm³/mol. The van der Waals surface area contributed by atoms with Gasteiger partial charge in [0.1, 0.15) is 11.6 Å². The smallest absolute Gasteiger partial charge is 0.331 e. The molecule has 0 saturated carbocycles. The van der Waals surface area contributed by atoms with Gasteiger partial charge in [-0.25, -0.2) is 9.59 Å². The molecule has 0 aliphatic carbocycles. The molecular weight excluding hydrogens is 408 g/mol. The highest BCUT2D eigenvalue weighted by Crippen LogP contribution is 2.25. The molecule has 0 spiro atoms. The summed E-state index contributed by atoms with van der Waals surface area (Å²) in [5, 5.41) is 0. The molecule has 0 aliphatic rings. The van der Waals surface area contributed by atoms with Gasteiger partial charge in [-0.15, -0.1) is 0 Å². The molecule has 6 nitrogen and oxygen atoms in total. The maximum Gasteiger partial charge on any atom is 0.331 e. The number of ether oxygens (including phenoxy) is 2. The zero-order valence-electron chi connectivity index (χ0n) is 20.1. The van der Waals surface area contributed by atoms with Crippen LogP contribution in [0.4, 0.5) is 0 Å². The summed E-state index contributed by atoms with van der Waals surface area (Å²) < 4.78 is 10.0. The van der Waals surface area contributed by atoms with Gasteiger partial charge in [-0.05, 0) is 77.4 Å². The largest absolute Gasteiger partial charge is 0.463 e. The van der Waals surface area contributed by atoms with Crippen molar-refractivity contribution >= 4 is 23.5 Å². The summed E-state index contributed by atoms with van der Waals surface area (Å²) in [5.41, 5.74) is 3.05. The van der Waals surface area contributed by atoms with Crippen LogP contribution >= 0.6 is 0 Å². The number of esters is 2. The third kappa shape index (κ3) is 14.3. The first-order valence-corrected chi connectivity index (χ1v) is 11.2. The highest BCUT2D eigenvalue weighted by molar-refractivity contribution is 5.84. The molecule has 0 aromatic heterocycles. The van der Waals surface area contributed by atoms with Crippen molar-refractivity contribution in [2.75, 3.05) is 13.2 Å². The SMILES string of the molecule is C=C(CCC(C)=O)/C(=C/C(=O)OCC)CCCC/C(=C\C(=O)OCC)C(=C)CCC(C)=O. The standard InChI is InChI=1S/C26H38O6/c1-7-31-25(29)17-23(19(3)13-15-21(5)27)11-9-10-12-24(18-26(30)32-8-2)20(4)14-16-22(6)28/h17-18H,3-4,7-16H2,1-2,5-6H3/b23-17+,24-18+. The maximum absolute atomic E-state index is 11.9. The van der Waals surface area contributed by atoms with Crippen LogP contribution in [-0.4, -0.2) is 36.7 Å². The Bertz CT molecular complexity index is 690. The van der Waals surface area contributed by atoms with Gasteiger partial charge in [0, 0.05) is 25.0 Å². The van der Waals surface area contributed by atoms with Crippen molar-refractivity contribution < 1.29 is 28.7 Å². The maximum atomic E-state index is 11.9. The van der Waals surface area contributed by atoms with Crippen LogP contribution < -0.4 is 0 Å². The van der Waals surface area contributed by atoms with Crippen molar-refractivity contribution in [3.05, 3.63) is 47.6 Å². The van der Waals surface area contributed by atoms with E-state index in [2.05, 4.69) is 13.2 Å². The molecule has 0 N–H and O–H groups in total. The summed E-state index contributed by atoms with van der Waals surface area (Å²) in [6.45, 7) is 15.2. The Morgan fingerprint density at radius 2 is 0.969 bits per heavy atom. The molecule has 0 saturated heterocycles. The van der Waals surface area contributed by atoms with E-state index >= 15 is 0 Å². The number of hydrogen-bond donors (Lipinski definition) is 0. The summed E-state index contributed by atoms with van der Waals surface area (Å²) in [5.74, 6) is -0.710. The summed E-state index contributed by atoms with van der Waals surface area (Å²) >= 11 is 0. The third-order valence-corrected chi connectivity index (χ3v) is 4.77. The molecule has 0 amide bonds. The fourth-order valence-corrected chi connectivity index (χ4v) is 2.96. The van der Waals surface area contributed by atoms with Crippen molar-refractivity contribution in [1.29, 1.82) is 0 Å². The fourth-order valence-electron chi connectivity index (χ4n) is 2.96. The van der Waals surface area contributed by atoms with Gasteiger partial charge in [0.15, 0.2) is 0 Å². The highest BCUT2D eigenvalue weighted by Gasteiger charge is 2.11. The van der Waals surface area contributed by atoms with Crippen LogP contribution in [0.5, 0.6) is 0 Å². The molecule has 0 fully saturated rings. The van der Waals surface area contributed by atoms with E-state index in [4.69, 9.17) is 9.47 Å². The van der Waals surface area contributed by atoms with Gasteiger partial charge < -0.3 is 19.1 Å². The van der Waals surface area contributed by atoms with E-state index in [1.807, 2.05) is 0 Å². The van der Waals surface area contributed by atoms with Crippen molar-refractivity contribution in [2.24, 2.45) is 0 Å². The van der Waals surface area contributed by atoms with Crippen molar-refractivity contribution in [1.82, 2.24) is 0 Å². The first kappa shape index (κ1) is 29.2. The summed E-state index contributed by atoms with van der Waals surface area (Å²) in [6, 6.07) is 0. The second-order valence-electron chi connectivity index (χ2n) is 7.66.